The minimum atomic E-state index is -0.0402. The molecule has 4 rings (SSSR count). The molecule has 0 bridgehead atoms. The van der Waals surface area contributed by atoms with Gasteiger partial charge in [0.15, 0.2) is 6.61 Å². The number of nitrogens with zero attached hydrogens (tertiary/aromatic N) is 2. The fourth-order valence-electron chi connectivity index (χ4n) is 3.85. The van der Waals surface area contributed by atoms with Gasteiger partial charge in [0, 0.05) is 43.4 Å². The van der Waals surface area contributed by atoms with E-state index in [0.717, 1.165) is 18.4 Å². The maximum absolute atomic E-state index is 12.5. The molecule has 2 unspecified atom stereocenters. The molecule has 2 aliphatic rings. The van der Waals surface area contributed by atoms with E-state index in [1.807, 2.05) is 47.4 Å². The standard InChI is InChI=1S/C21H23N3O3/c25-19(14-27-17-6-2-1-3-7-17)24-10-8-21(15-24)11-18(21)20(26)23-13-16-5-4-9-22-12-16/h1-7,9,12,18H,8,10-11,13-15H2,(H,23,26). The van der Waals surface area contributed by atoms with E-state index in [4.69, 9.17) is 4.74 Å². The van der Waals surface area contributed by atoms with Crippen LogP contribution in [0.15, 0.2) is 54.9 Å². The average Bonchev–Trinajstić information content (AvgIpc) is 3.25. The summed E-state index contributed by atoms with van der Waals surface area (Å²) >= 11 is 0. The average molecular weight is 365 g/mol. The number of hydrogen-bond donors (Lipinski definition) is 1. The van der Waals surface area contributed by atoms with Crippen LogP contribution in [0.25, 0.3) is 0 Å². The van der Waals surface area contributed by atoms with Crippen molar-refractivity contribution >= 4 is 11.8 Å². The molecule has 1 spiro atoms. The fourth-order valence-corrected chi connectivity index (χ4v) is 3.85. The van der Waals surface area contributed by atoms with Gasteiger partial charge in [-0.2, -0.15) is 0 Å². The number of amides is 2. The minimum Gasteiger partial charge on any atom is -0.484 e. The van der Waals surface area contributed by atoms with Crippen LogP contribution in [0, 0.1) is 11.3 Å². The van der Waals surface area contributed by atoms with Crippen molar-refractivity contribution in [1.29, 1.82) is 0 Å². The Bertz CT molecular complexity index is 756. The molecule has 1 aliphatic heterocycles. The maximum Gasteiger partial charge on any atom is 0.260 e. The number of hydrogen-bond acceptors (Lipinski definition) is 4. The Morgan fingerprint density at radius 1 is 1.22 bits per heavy atom. The molecule has 6 heteroatoms. The van der Waals surface area contributed by atoms with Gasteiger partial charge < -0.3 is 15.0 Å². The van der Waals surface area contributed by atoms with E-state index < -0.39 is 0 Å². The first-order chi connectivity index (χ1) is 13.2. The van der Waals surface area contributed by atoms with Crippen molar-refractivity contribution in [3.05, 3.63) is 60.4 Å². The third-order valence-corrected chi connectivity index (χ3v) is 5.54. The van der Waals surface area contributed by atoms with Crippen LogP contribution in [0.1, 0.15) is 18.4 Å². The summed E-state index contributed by atoms with van der Waals surface area (Å²) in [6, 6.07) is 13.1. The van der Waals surface area contributed by atoms with Crippen molar-refractivity contribution in [3.63, 3.8) is 0 Å². The summed E-state index contributed by atoms with van der Waals surface area (Å²) in [5.74, 6) is 0.756. The first kappa shape index (κ1) is 17.5. The Balaban J connectivity index is 1.24. The van der Waals surface area contributed by atoms with Gasteiger partial charge in [-0.05, 0) is 36.6 Å². The second-order valence-corrected chi connectivity index (χ2v) is 7.37. The molecular weight excluding hydrogens is 342 g/mol. The van der Waals surface area contributed by atoms with Gasteiger partial charge in [-0.15, -0.1) is 0 Å². The van der Waals surface area contributed by atoms with Crippen LogP contribution in [0.4, 0.5) is 0 Å². The van der Waals surface area contributed by atoms with E-state index in [0.29, 0.717) is 25.4 Å². The summed E-state index contributed by atoms with van der Waals surface area (Å²) in [5, 5.41) is 3.00. The summed E-state index contributed by atoms with van der Waals surface area (Å²) in [6.45, 7) is 1.88. The van der Waals surface area contributed by atoms with Crippen LogP contribution in [-0.4, -0.2) is 41.4 Å². The number of aromatic nitrogens is 1. The van der Waals surface area contributed by atoms with Crippen molar-refractivity contribution < 1.29 is 14.3 Å². The molecule has 1 N–H and O–H groups in total. The minimum absolute atomic E-state index is 0.00186. The highest BCUT2D eigenvalue weighted by molar-refractivity contribution is 5.83. The van der Waals surface area contributed by atoms with Gasteiger partial charge >= 0.3 is 0 Å². The molecule has 140 valence electrons. The zero-order valence-corrected chi connectivity index (χ0v) is 15.1. The number of ether oxygens (including phenoxy) is 1. The Hall–Kier alpha value is -2.89. The van der Waals surface area contributed by atoms with Crippen LogP contribution >= 0.6 is 0 Å². The van der Waals surface area contributed by atoms with Crippen LogP contribution in [0.3, 0.4) is 0 Å². The zero-order valence-electron chi connectivity index (χ0n) is 15.1. The monoisotopic (exact) mass is 365 g/mol. The highest BCUT2D eigenvalue weighted by Crippen LogP contribution is 2.58. The third-order valence-electron chi connectivity index (χ3n) is 5.54. The lowest BCUT2D eigenvalue weighted by Crippen LogP contribution is -2.34. The molecule has 2 heterocycles. The Morgan fingerprint density at radius 2 is 2.07 bits per heavy atom. The first-order valence-corrected chi connectivity index (χ1v) is 9.29. The topological polar surface area (TPSA) is 71.5 Å². The molecule has 2 fully saturated rings. The van der Waals surface area contributed by atoms with Crippen LogP contribution in [-0.2, 0) is 16.1 Å². The molecule has 6 nitrogen and oxygen atoms in total. The second-order valence-electron chi connectivity index (χ2n) is 7.37. The molecule has 27 heavy (non-hydrogen) atoms. The van der Waals surface area contributed by atoms with E-state index in [9.17, 15) is 9.59 Å². The number of likely N-dealkylation sites (tertiary alicyclic amines) is 1. The molecule has 1 saturated heterocycles. The highest BCUT2D eigenvalue weighted by atomic mass is 16.5. The van der Waals surface area contributed by atoms with E-state index in [2.05, 4.69) is 10.3 Å². The number of pyridine rings is 1. The normalized spacial score (nSPS) is 23.3. The summed E-state index contributed by atoms with van der Waals surface area (Å²) < 4.78 is 5.55. The van der Waals surface area contributed by atoms with Crippen molar-refractivity contribution in [2.24, 2.45) is 11.3 Å². The number of carbonyl (C=O) groups excluding carboxylic acids is 2. The molecule has 1 aromatic heterocycles. The third kappa shape index (κ3) is 3.94. The van der Waals surface area contributed by atoms with E-state index in [-0.39, 0.29) is 29.8 Å². The molecule has 2 amide bonds. The summed E-state index contributed by atoms with van der Waals surface area (Å²) in [7, 11) is 0. The summed E-state index contributed by atoms with van der Waals surface area (Å²) in [6.07, 6.45) is 5.21. The molecule has 1 aromatic carbocycles. The molecule has 1 saturated carbocycles. The zero-order chi connectivity index (χ0) is 18.7. The van der Waals surface area contributed by atoms with Crippen molar-refractivity contribution in [1.82, 2.24) is 15.2 Å². The van der Waals surface area contributed by atoms with Gasteiger partial charge in [0.25, 0.3) is 5.91 Å². The molecule has 0 radical (unpaired) electrons. The predicted octanol–water partition coefficient (Wildman–Crippen LogP) is 2.02. The Labute approximate surface area is 158 Å². The smallest absolute Gasteiger partial charge is 0.260 e. The number of rotatable bonds is 6. The summed E-state index contributed by atoms with van der Waals surface area (Å²) in [5.41, 5.74) is 0.948. The molecular formula is C21H23N3O3. The van der Waals surface area contributed by atoms with Crippen molar-refractivity contribution in [2.45, 2.75) is 19.4 Å². The van der Waals surface area contributed by atoms with Gasteiger partial charge in [-0.1, -0.05) is 24.3 Å². The summed E-state index contributed by atoms with van der Waals surface area (Å²) in [4.78, 5) is 30.8. The lowest BCUT2D eigenvalue weighted by molar-refractivity contribution is -0.132. The number of nitrogens with one attached hydrogen (secondary N) is 1. The lowest BCUT2D eigenvalue weighted by atomic mass is 10.0. The van der Waals surface area contributed by atoms with Crippen LogP contribution < -0.4 is 10.1 Å². The molecule has 2 atom stereocenters. The first-order valence-electron chi connectivity index (χ1n) is 9.29. The van der Waals surface area contributed by atoms with E-state index >= 15 is 0 Å². The molecule has 2 aromatic rings. The lowest BCUT2D eigenvalue weighted by Gasteiger charge is -2.17. The predicted molar refractivity (Wildman–Crippen MR) is 99.8 cm³/mol. The van der Waals surface area contributed by atoms with E-state index in [1.54, 1.807) is 12.4 Å². The van der Waals surface area contributed by atoms with Crippen LogP contribution in [0.2, 0.25) is 0 Å². The van der Waals surface area contributed by atoms with Gasteiger partial charge in [0.05, 0.1) is 0 Å². The van der Waals surface area contributed by atoms with Crippen molar-refractivity contribution in [2.75, 3.05) is 19.7 Å². The Morgan fingerprint density at radius 3 is 2.85 bits per heavy atom. The highest BCUT2D eigenvalue weighted by Gasteiger charge is 2.61. The van der Waals surface area contributed by atoms with Gasteiger partial charge in [0.2, 0.25) is 5.91 Å². The number of carbonyl (C=O) groups is 2. The van der Waals surface area contributed by atoms with Gasteiger partial charge in [-0.3, -0.25) is 14.6 Å². The largest absolute Gasteiger partial charge is 0.484 e. The second kappa shape index (κ2) is 7.39. The number of para-hydroxylation sites is 1. The Kier molecular flexibility index (Phi) is 4.79. The maximum atomic E-state index is 12.5. The quantitative estimate of drug-likeness (QED) is 0.850. The SMILES string of the molecule is O=C(NCc1cccnc1)C1CC12CCN(C(=O)COc1ccccc1)C2. The van der Waals surface area contributed by atoms with Crippen molar-refractivity contribution in [3.8, 4) is 5.75 Å². The fraction of sp³-hybridized carbons (Fsp3) is 0.381. The van der Waals surface area contributed by atoms with Crippen LogP contribution in [0.5, 0.6) is 5.75 Å². The van der Waals surface area contributed by atoms with Gasteiger partial charge in [-0.25, -0.2) is 0 Å². The van der Waals surface area contributed by atoms with Gasteiger partial charge in [0.1, 0.15) is 5.75 Å². The molecule has 1 aliphatic carbocycles. The van der Waals surface area contributed by atoms with E-state index in [1.165, 1.54) is 0 Å². The number of benzene rings is 1.